The van der Waals surface area contributed by atoms with E-state index in [9.17, 15) is 9.90 Å². The van der Waals surface area contributed by atoms with Gasteiger partial charge in [0.05, 0.1) is 5.69 Å². The quantitative estimate of drug-likeness (QED) is 0.760. The van der Waals surface area contributed by atoms with Crippen LogP contribution in [0.5, 0.6) is 5.75 Å². The first-order valence-electron chi connectivity index (χ1n) is 3.97. The Labute approximate surface area is 90.7 Å². The number of urea groups is 1. The lowest BCUT2D eigenvalue weighted by atomic mass is 10.3. The lowest BCUT2D eigenvalue weighted by molar-refractivity contribution is 0.230. The first kappa shape index (κ1) is 10.8. The van der Waals surface area contributed by atoms with Gasteiger partial charge in [-0.1, -0.05) is 15.9 Å². The van der Waals surface area contributed by atoms with E-state index in [0.717, 1.165) is 4.47 Å². The molecule has 2 amide bonds. The maximum Gasteiger partial charge on any atom is 0.321 e. The number of hydrogen-bond donors (Lipinski definition) is 2. The average Bonchev–Trinajstić information content (AvgIpc) is 2.09. The number of nitrogens with zero attached hydrogens (tertiary/aromatic N) is 1. The van der Waals surface area contributed by atoms with Crippen LogP contribution in [0.15, 0.2) is 22.7 Å². The molecule has 4 nitrogen and oxygen atoms in total. The molecule has 14 heavy (non-hydrogen) atoms. The van der Waals surface area contributed by atoms with Gasteiger partial charge in [-0.2, -0.15) is 0 Å². The molecule has 0 aliphatic heterocycles. The summed E-state index contributed by atoms with van der Waals surface area (Å²) in [7, 11) is 3.26. The number of aromatic hydroxyl groups is 1. The second kappa shape index (κ2) is 4.32. The van der Waals surface area contributed by atoms with Gasteiger partial charge in [-0.15, -0.1) is 0 Å². The zero-order valence-electron chi connectivity index (χ0n) is 7.91. The summed E-state index contributed by atoms with van der Waals surface area (Å²) < 4.78 is 0.762. The van der Waals surface area contributed by atoms with Gasteiger partial charge in [0.15, 0.2) is 0 Å². The van der Waals surface area contributed by atoms with Crippen LogP contribution in [0.25, 0.3) is 0 Å². The van der Waals surface area contributed by atoms with Gasteiger partial charge in [-0.05, 0) is 18.2 Å². The number of halogens is 1. The molecule has 0 spiro atoms. The zero-order valence-corrected chi connectivity index (χ0v) is 9.50. The maximum atomic E-state index is 11.2. The summed E-state index contributed by atoms with van der Waals surface area (Å²) in [6.07, 6.45) is 0. The van der Waals surface area contributed by atoms with Crippen molar-refractivity contribution in [1.82, 2.24) is 4.90 Å². The normalized spacial score (nSPS) is 9.64. The molecule has 1 rings (SSSR count). The van der Waals surface area contributed by atoms with E-state index in [0.29, 0.717) is 5.69 Å². The minimum absolute atomic E-state index is 0.0366. The topological polar surface area (TPSA) is 52.6 Å². The summed E-state index contributed by atoms with van der Waals surface area (Å²) in [5.74, 6) is 0.0366. The molecule has 2 N–H and O–H groups in total. The number of phenolic OH excluding ortho intramolecular Hbond substituents is 1. The van der Waals surface area contributed by atoms with Crippen molar-refractivity contribution in [3.63, 3.8) is 0 Å². The van der Waals surface area contributed by atoms with Gasteiger partial charge in [0.2, 0.25) is 0 Å². The van der Waals surface area contributed by atoms with E-state index in [1.54, 1.807) is 26.2 Å². The molecule has 0 aliphatic carbocycles. The molecule has 0 saturated carbocycles. The molecule has 5 heteroatoms. The summed E-state index contributed by atoms with van der Waals surface area (Å²) >= 11 is 3.21. The number of nitrogens with one attached hydrogen (secondary N) is 1. The number of amides is 2. The summed E-state index contributed by atoms with van der Waals surface area (Å²) in [5, 5.41) is 12.0. The molecular formula is C9H11BrN2O2. The van der Waals surface area contributed by atoms with E-state index in [-0.39, 0.29) is 11.8 Å². The van der Waals surface area contributed by atoms with Gasteiger partial charge in [-0.25, -0.2) is 4.79 Å². The number of carbonyl (C=O) groups excluding carboxylic acids is 1. The molecule has 0 aliphatic rings. The van der Waals surface area contributed by atoms with Crippen LogP contribution in [0.1, 0.15) is 0 Å². The molecule has 0 bridgehead atoms. The van der Waals surface area contributed by atoms with Crippen LogP contribution in [-0.4, -0.2) is 30.1 Å². The molecule has 0 aromatic heterocycles. The third kappa shape index (κ3) is 2.63. The first-order valence-corrected chi connectivity index (χ1v) is 4.77. The van der Waals surface area contributed by atoms with Crippen LogP contribution in [0.2, 0.25) is 0 Å². The van der Waals surface area contributed by atoms with Crippen molar-refractivity contribution < 1.29 is 9.90 Å². The molecule has 0 heterocycles. The number of rotatable bonds is 1. The Morgan fingerprint density at radius 2 is 2.14 bits per heavy atom. The second-order valence-corrected chi connectivity index (χ2v) is 3.90. The first-order chi connectivity index (χ1) is 6.50. The van der Waals surface area contributed by atoms with Crippen LogP contribution >= 0.6 is 15.9 Å². The standard InChI is InChI=1S/C9H11BrN2O2/c1-12(2)9(14)11-7-4-3-6(10)5-8(7)13/h3-5,13H,1-2H3,(H,11,14). The summed E-state index contributed by atoms with van der Waals surface area (Å²) in [6.45, 7) is 0. The Morgan fingerprint density at radius 3 is 2.64 bits per heavy atom. The Morgan fingerprint density at radius 1 is 1.50 bits per heavy atom. The number of hydrogen-bond acceptors (Lipinski definition) is 2. The predicted molar refractivity (Wildman–Crippen MR) is 58.5 cm³/mol. The van der Waals surface area contributed by atoms with E-state index in [2.05, 4.69) is 21.2 Å². The largest absolute Gasteiger partial charge is 0.506 e. The third-order valence-corrected chi connectivity index (χ3v) is 2.10. The Bertz CT molecular complexity index is 353. The Hall–Kier alpha value is -1.23. The van der Waals surface area contributed by atoms with Crippen LogP contribution < -0.4 is 5.32 Å². The van der Waals surface area contributed by atoms with E-state index in [4.69, 9.17) is 0 Å². The highest BCUT2D eigenvalue weighted by Gasteiger charge is 2.07. The second-order valence-electron chi connectivity index (χ2n) is 2.99. The Balaban J connectivity index is 2.82. The molecule has 0 radical (unpaired) electrons. The fourth-order valence-electron chi connectivity index (χ4n) is 0.838. The Kier molecular flexibility index (Phi) is 3.35. The van der Waals surface area contributed by atoms with Crippen LogP contribution in [0.4, 0.5) is 10.5 Å². The molecule has 76 valence electrons. The van der Waals surface area contributed by atoms with Gasteiger partial charge in [0.25, 0.3) is 0 Å². The van der Waals surface area contributed by atoms with Gasteiger partial charge in [0, 0.05) is 18.6 Å². The fraction of sp³-hybridized carbons (Fsp3) is 0.222. The van der Waals surface area contributed by atoms with Crippen molar-refractivity contribution in [3.8, 4) is 5.75 Å². The highest BCUT2D eigenvalue weighted by atomic mass is 79.9. The summed E-state index contributed by atoms with van der Waals surface area (Å²) in [5.41, 5.74) is 0.395. The molecular weight excluding hydrogens is 248 g/mol. The molecule has 0 fully saturated rings. The van der Waals surface area contributed by atoms with Crippen molar-refractivity contribution in [2.75, 3.05) is 19.4 Å². The monoisotopic (exact) mass is 258 g/mol. The fourth-order valence-corrected chi connectivity index (χ4v) is 1.19. The van der Waals surface area contributed by atoms with E-state index < -0.39 is 0 Å². The lowest BCUT2D eigenvalue weighted by Gasteiger charge is -2.12. The number of carbonyl (C=O) groups is 1. The minimum atomic E-state index is -0.275. The minimum Gasteiger partial charge on any atom is -0.506 e. The van der Waals surface area contributed by atoms with Crippen molar-refractivity contribution in [3.05, 3.63) is 22.7 Å². The van der Waals surface area contributed by atoms with Gasteiger partial charge < -0.3 is 15.3 Å². The van der Waals surface area contributed by atoms with E-state index in [1.807, 2.05) is 0 Å². The highest BCUT2D eigenvalue weighted by Crippen LogP contribution is 2.26. The number of phenols is 1. The van der Waals surface area contributed by atoms with Crippen LogP contribution in [0.3, 0.4) is 0 Å². The van der Waals surface area contributed by atoms with Crippen molar-refractivity contribution in [2.45, 2.75) is 0 Å². The maximum absolute atomic E-state index is 11.2. The molecule has 1 aromatic rings. The van der Waals surface area contributed by atoms with Crippen molar-refractivity contribution in [1.29, 1.82) is 0 Å². The molecule has 0 atom stereocenters. The van der Waals surface area contributed by atoms with Crippen molar-refractivity contribution >= 4 is 27.6 Å². The van der Waals surface area contributed by atoms with Gasteiger partial charge in [-0.3, -0.25) is 0 Å². The van der Waals surface area contributed by atoms with Crippen molar-refractivity contribution in [2.24, 2.45) is 0 Å². The van der Waals surface area contributed by atoms with E-state index in [1.165, 1.54) is 11.0 Å². The highest BCUT2D eigenvalue weighted by molar-refractivity contribution is 9.10. The molecule has 0 unspecified atom stereocenters. The summed E-state index contributed by atoms with van der Waals surface area (Å²) in [6, 6.07) is 4.61. The molecule has 0 saturated heterocycles. The third-order valence-electron chi connectivity index (χ3n) is 1.61. The molecule has 1 aromatic carbocycles. The average molecular weight is 259 g/mol. The SMILES string of the molecule is CN(C)C(=O)Nc1ccc(Br)cc1O. The lowest BCUT2D eigenvalue weighted by Crippen LogP contribution is -2.27. The van der Waals surface area contributed by atoms with Gasteiger partial charge in [0.1, 0.15) is 5.75 Å². The number of anilines is 1. The van der Waals surface area contributed by atoms with Crippen LogP contribution in [-0.2, 0) is 0 Å². The zero-order chi connectivity index (χ0) is 10.7. The van der Waals surface area contributed by atoms with E-state index >= 15 is 0 Å². The predicted octanol–water partition coefficient (Wildman–Crippen LogP) is 2.25. The summed E-state index contributed by atoms with van der Waals surface area (Å²) in [4.78, 5) is 12.6. The van der Waals surface area contributed by atoms with Gasteiger partial charge >= 0.3 is 6.03 Å². The number of benzene rings is 1. The smallest absolute Gasteiger partial charge is 0.321 e. The van der Waals surface area contributed by atoms with Crippen LogP contribution in [0, 0.1) is 0 Å².